The molecule has 9 heteroatoms. The summed E-state index contributed by atoms with van der Waals surface area (Å²) in [6, 6.07) is 7.53. The van der Waals surface area contributed by atoms with E-state index in [9.17, 15) is 4.79 Å². The van der Waals surface area contributed by atoms with Gasteiger partial charge in [0.2, 0.25) is 0 Å². The Morgan fingerprint density at radius 1 is 1.38 bits per heavy atom. The van der Waals surface area contributed by atoms with Crippen LogP contribution >= 0.6 is 23.8 Å². The zero-order valence-electron chi connectivity index (χ0n) is 19.4. The minimum absolute atomic E-state index is 0.201. The molecule has 7 nitrogen and oxygen atoms in total. The molecule has 1 amide bonds. The van der Waals surface area contributed by atoms with Crippen LogP contribution in [0, 0.1) is 0 Å². The minimum Gasteiger partial charge on any atom is -0.489 e. The van der Waals surface area contributed by atoms with Crippen molar-refractivity contribution in [1.82, 2.24) is 15.6 Å². The number of halogens is 1. The molecular weight excluding hydrogens is 472 g/mol. The van der Waals surface area contributed by atoms with Crippen LogP contribution in [-0.4, -0.2) is 41.2 Å². The number of hydrogen-bond acceptors (Lipinski definition) is 6. The maximum atomic E-state index is 12.8. The van der Waals surface area contributed by atoms with Crippen LogP contribution in [0.2, 0.25) is 5.02 Å². The van der Waals surface area contributed by atoms with Crippen molar-refractivity contribution >= 4 is 40.4 Å². The lowest BCUT2D eigenvalue weighted by Crippen LogP contribution is -2.45. The maximum Gasteiger partial charge on any atom is 0.256 e. The largest absolute Gasteiger partial charge is 0.489 e. The van der Waals surface area contributed by atoms with E-state index in [0.717, 1.165) is 42.0 Å². The van der Waals surface area contributed by atoms with Crippen LogP contribution in [-0.2, 0) is 22.5 Å². The lowest BCUT2D eigenvalue weighted by atomic mass is 9.99. The van der Waals surface area contributed by atoms with Gasteiger partial charge >= 0.3 is 0 Å². The van der Waals surface area contributed by atoms with Gasteiger partial charge in [0.15, 0.2) is 0 Å². The van der Waals surface area contributed by atoms with Gasteiger partial charge in [-0.25, -0.2) is 0 Å². The van der Waals surface area contributed by atoms with Crippen LogP contribution in [0.3, 0.4) is 0 Å². The number of rotatable bonds is 9. The highest BCUT2D eigenvalue weighted by molar-refractivity contribution is 7.81. The Kier molecular flexibility index (Phi) is 7.70. The van der Waals surface area contributed by atoms with Crippen LogP contribution < -0.4 is 20.7 Å². The van der Waals surface area contributed by atoms with Crippen molar-refractivity contribution in [1.29, 1.82) is 0 Å². The number of thiocarbonyl (C=S) groups is 1. The van der Waals surface area contributed by atoms with Crippen LogP contribution in [0.1, 0.15) is 37.8 Å². The van der Waals surface area contributed by atoms with Crippen LogP contribution in [0.25, 0.3) is 0 Å². The van der Waals surface area contributed by atoms with Gasteiger partial charge in [-0.2, -0.15) is 0 Å². The molecule has 0 aliphatic carbocycles. The lowest BCUT2D eigenvalue weighted by molar-refractivity contribution is -0.152. The van der Waals surface area contributed by atoms with E-state index in [1.807, 2.05) is 38.1 Å². The number of nitrogens with one attached hydrogen (secondary N) is 3. The number of hydrogen-bond donors (Lipinski definition) is 3. The minimum atomic E-state index is -0.243. The number of nitrogens with zero attached hydrogens (tertiary/aromatic N) is 1. The number of carbonyl (C=O) groups is 1. The normalized spacial score (nSPS) is 19.8. The first-order chi connectivity index (χ1) is 16.4. The summed E-state index contributed by atoms with van der Waals surface area (Å²) >= 11 is 12.0. The number of anilines is 1. The second-order valence-electron chi connectivity index (χ2n) is 8.61. The molecule has 3 heterocycles. The summed E-state index contributed by atoms with van der Waals surface area (Å²) in [5.74, 6) is 0.494. The summed E-state index contributed by atoms with van der Waals surface area (Å²) < 4.78 is 11.6. The first-order valence-corrected chi connectivity index (χ1v) is 12.2. The molecule has 1 fully saturated rings. The summed E-state index contributed by atoms with van der Waals surface area (Å²) in [6.45, 7) is 6.32. The molecule has 34 heavy (non-hydrogen) atoms. The number of amides is 1. The third-order valence-corrected chi connectivity index (χ3v) is 6.77. The molecule has 0 spiro atoms. The Hall–Kier alpha value is -2.68. The fourth-order valence-corrected chi connectivity index (χ4v) is 4.60. The topological polar surface area (TPSA) is 84.5 Å². The van der Waals surface area contributed by atoms with Crippen LogP contribution in [0.5, 0.6) is 5.75 Å². The quantitative estimate of drug-likeness (QED) is 0.446. The number of ether oxygens (including phenoxy) is 2. The average Bonchev–Trinajstić information content (AvgIpc) is 2.80. The molecule has 4 rings (SSSR count). The molecule has 2 aromatic rings. The van der Waals surface area contributed by atoms with Gasteiger partial charge in [0.25, 0.3) is 5.91 Å². The summed E-state index contributed by atoms with van der Waals surface area (Å²) in [7, 11) is 0. The molecule has 1 aromatic heterocycles. The molecule has 0 bridgehead atoms. The SMILES string of the molecule is CCc1c(Cl)cccc1NC(=S)C1=C(NCc2ccncc2OCC2(C)CCO2)CCNC1=O. The maximum absolute atomic E-state index is 12.8. The predicted octanol–water partition coefficient (Wildman–Crippen LogP) is 4.16. The van der Waals surface area contributed by atoms with E-state index < -0.39 is 0 Å². The van der Waals surface area contributed by atoms with E-state index in [1.54, 1.807) is 12.4 Å². The van der Waals surface area contributed by atoms with Gasteiger partial charge in [-0.1, -0.05) is 36.8 Å². The smallest absolute Gasteiger partial charge is 0.256 e. The third-order valence-electron chi connectivity index (χ3n) is 6.11. The highest BCUT2D eigenvalue weighted by atomic mass is 35.5. The molecule has 2 aliphatic heterocycles. The average molecular weight is 501 g/mol. The Morgan fingerprint density at radius 3 is 2.94 bits per heavy atom. The molecule has 1 unspecified atom stereocenters. The van der Waals surface area contributed by atoms with Crippen molar-refractivity contribution in [3.8, 4) is 5.75 Å². The van der Waals surface area contributed by atoms with E-state index in [1.165, 1.54) is 0 Å². The van der Waals surface area contributed by atoms with E-state index in [4.69, 9.17) is 33.3 Å². The molecular formula is C25H29ClN4O3S. The molecule has 2 aliphatic rings. The predicted molar refractivity (Wildman–Crippen MR) is 137 cm³/mol. The highest BCUT2D eigenvalue weighted by Crippen LogP contribution is 2.28. The summed E-state index contributed by atoms with van der Waals surface area (Å²) in [4.78, 5) is 17.3. The number of pyridine rings is 1. The van der Waals surface area contributed by atoms with Gasteiger partial charge in [0, 0.05) is 54.1 Å². The number of carbonyl (C=O) groups excluding carboxylic acids is 1. The number of benzene rings is 1. The molecule has 180 valence electrons. The van der Waals surface area contributed by atoms with E-state index >= 15 is 0 Å². The van der Waals surface area contributed by atoms with Crippen LogP contribution in [0.4, 0.5) is 5.69 Å². The van der Waals surface area contributed by atoms with Crippen LogP contribution in [0.15, 0.2) is 47.9 Å². The van der Waals surface area contributed by atoms with E-state index in [-0.39, 0.29) is 11.5 Å². The standard InChI is InChI=1S/C25H29ClN4O3S/c1-3-17-18(26)5-4-6-19(17)30-24(34)22-20(8-11-28-23(22)31)29-13-16-7-10-27-14-21(16)32-15-25(2)9-12-33-25/h4-7,10,14,29H,3,8-9,11-13,15H2,1-2H3,(H,28,31)(H,30,34). The molecule has 1 aromatic carbocycles. The molecule has 0 saturated carbocycles. The van der Waals surface area contributed by atoms with Gasteiger partial charge in [-0.05, 0) is 37.1 Å². The molecule has 1 saturated heterocycles. The third kappa shape index (κ3) is 5.51. The molecule has 1 atom stereocenters. The monoisotopic (exact) mass is 500 g/mol. The fourth-order valence-electron chi connectivity index (χ4n) is 3.97. The van der Waals surface area contributed by atoms with Gasteiger partial charge in [0.1, 0.15) is 22.9 Å². The Balaban J connectivity index is 1.50. The Bertz CT molecular complexity index is 1120. The van der Waals surface area contributed by atoms with E-state index in [0.29, 0.717) is 47.5 Å². The van der Waals surface area contributed by atoms with E-state index in [2.05, 4.69) is 20.9 Å². The van der Waals surface area contributed by atoms with Crippen molar-refractivity contribution in [3.63, 3.8) is 0 Å². The van der Waals surface area contributed by atoms with Crippen molar-refractivity contribution in [2.75, 3.05) is 25.1 Å². The zero-order valence-corrected chi connectivity index (χ0v) is 20.9. The lowest BCUT2D eigenvalue weighted by Gasteiger charge is -2.38. The molecule has 3 N–H and O–H groups in total. The van der Waals surface area contributed by atoms with Gasteiger partial charge < -0.3 is 25.4 Å². The summed E-state index contributed by atoms with van der Waals surface area (Å²) in [5.41, 5.74) is 3.70. The Morgan fingerprint density at radius 2 is 2.21 bits per heavy atom. The molecule has 0 radical (unpaired) electrons. The zero-order chi connectivity index (χ0) is 24.1. The number of aromatic nitrogens is 1. The first kappa shape index (κ1) is 24.4. The van der Waals surface area contributed by atoms with Gasteiger partial charge in [0.05, 0.1) is 18.4 Å². The summed E-state index contributed by atoms with van der Waals surface area (Å²) in [5, 5.41) is 10.2. The van der Waals surface area contributed by atoms with Crippen molar-refractivity contribution < 1.29 is 14.3 Å². The summed E-state index contributed by atoms with van der Waals surface area (Å²) in [6.07, 6.45) is 5.80. The second kappa shape index (κ2) is 10.7. The van der Waals surface area contributed by atoms with Crippen molar-refractivity contribution in [3.05, 3.63) is 64.1 Å². The van der Waals surface area contributed by atoms with Crippen molar-refractivity contribution in [2.24, 2.45) is 0 Å². The Labute approximate surface area is 210 Å². The van der Waals surface area contributed by atoms with Crippen molar-refractivity contribution in [2.45, 2.75) is 45.3 Å². The highest BCUT2D eigenvalue weighted by Gasteiger charge is 2.34. The second-order valence-corrected chi connectivity index (χ2v) is 9.42. The van der Waals surface area contributed by atoms with Gasteiger partial charge in [-0.3, -0.25) is 9.78 Å². The van der Waals surface area contributed by atoms with Gasteiger partial charge in [-0.15, -0.1) is 0 Å². The fraction of sp³-hybridized carbons (Fsp3) is 0.400. The first-order valence-electron chi connectivity index (χ1n) is 11.4.